The molecule has 1 aliphatic heterocycles. The molecule has 5 nitrogen and oxygen atoms in total. The minimum Gasteiger partial charge on any atom is -0.338 e. The van der Waals surface area contributed by atoms with E-state index in [9.17, 15) is 0 Å². The molecule has 1 aromatic heterocycles. The molecule has 1 aromatic rings. The maximum atomic E-state index is 5.64. The van der Waals surface area contributed by atoms with Gasteiger partial charge in [-0.2, -0.15) is 5.06 Å². The first kappa shape index (κ1) is 11.3. The first-order valence-electron chi connectivity index (χ1n) is 5.69. The van der Waals surface area contributed by atoms with Crippen molar-refractivity contribution in [3.8, 4) is 0 Å². The molecule has 0 N–H and O–H groups in total. The highest BCUT2D eigenvalue weighted by atomic mass is 16.7. The predicted octanol–water partition coefficient (Wildman–Crippen LogP) is 0.939. The third-order valence-corrected chi connectivity index (χ3v) is 2.43. The number of hydroxylamine groups is 2. The molecule has 0 aliphatic carbocycles. The summed E-state index contributed by atoms with van der Waals surface area (Å²) in [6.07, 6.45) is 3.80. The minimum absolute atomic E-state index is 0.250. The Hall–Kier alpha value is -1.20. The SMILES string of the molecule is CC(C)ON1CCN(c2ncccn2)CC1. The van der Waals surface area contributed by atoms with Gasteiger partial charge in [0.1, 0.15) is 0 Å². The number of rotatable bonds is 3. The number of hydrogen-bond donors (Lipinski definition) is 0. The van der Waals surface area contributed by atoms with E-state index in [1.54, 1.807) is 12.4 Å². The second-order valence-electron chi connectivity index (χ2n) is 4.12. The van der Waals surface area contributed by atoms with Crippen molar-refractivity contribution < 1.29 is 4.84 Å². The van der Waals surface area contributed by atoms with Gasteiger partial charge in [-0.05, 0) is 19.9 Å². The molecule has 0 aromatic carbocycles. The Kier molecular flexibility index (Phi) is 3.69. The van der Waals surface area contributed by atoms with Crippen LogP contribution in [0.5, 0.6) is 0 Å². The summed E-state index contributed by atoms with van der Waals surface area (Å²) in [5.41, 5.74) is 0. The van der Waals surface area contributed by atoms with Crippen LogP contribution in [0, 0.1) is 0 Å². The van der Waals surface area contributed by atoms with Gasteiger partial charge in [-0.3, -0.25) is 4.84 Å². The molecule has 0 amide bonds. The highest BCUT2D eigenvalue weighted by molar-refractivity contribution is 5.28. The summed E-state index contributed by atoms with van der Waals surface area (Å²) in [5.74, 6) is 0.812. The molecule has 1 fully saturated rings. The number of nitrogens with zero attached hydrogens (tertiary/aromatic N) is 4. The molecule has 0 radical (unpaired) electrons. The fraction of sp³-hybridized carbons (Fsp3) is 0.636. The van der Waals surface area contributed by atoms with E-state index in [1.165, 1.54) is 0 Å². The van der Waals surface area contributed by atoms with Crippen molar-refractivity contribution in [1.82, 2.24) is 15.0 Å². The van der Waals surface area contributed by atoms with Gasteiger partial charge in [0, 0.05) is 38.6 Å². The molecule has 2 heterocycles. The van der Waals surface area contributed by atoms with Crippen LogP contribution >= 0.6 is 0 Å². The molecule has 2 rings (SSSR count). The van der Waals surface area contributed by atoms with Gasteiger partial charge < -0.3 is 4.90 Å². The van der Waals surface area contributed by atoms with Gasteiger partial charge in [-0.25, -0.2) is 9.97 Å². The van der Waals surface area contributed by atoms with E-state index in [2.05, 4.69) is 14.9 Å². The van der Waals surface area contributed by atoms with Gasteiger partial charge in [-0.15, -0.1) is 0 Å². The lowest BCUT2D eigenvalue weighted by atomic mass is 10.4. The standard InChI is InChI=1S/C11H18N4O/c1-10(2)16-15-8-6-14(7-9-15)11-12-4-3-5-13-11/h3-5,10H,6-9H2,1-2H3. The highest BCUT2D eigenvalue weighted by Gasteiger charge is 2.19. The summed E-state index contributed by atoms with van der Waals surface area (Å²) in [6.45, 7) is 7.72. The zero-order valence-electron chi connectivity index (χ0n) is 9.83. The largest absolute Gasteiger partial charge is 0.338 e. The molecule has 5 heteroatoms. The lowest BCUT2D eigenvalue weighted by Gasteiger charge is -2.34. The van der Waals surface area contributed by atoms with Gasteiger partial charge >= 0.3 is 0 Å². The Labute approximate surface area is 96.0 Å². The average Bonchev–Trinajstić information content (AvgIpc) is 2.30. The van der Waals surface area contributed by atoms with E-state index in [4.69, 9.17) is 4.84 Å². The molecule has 88 valence electrons. The van der Waals surface area contributed by atoms with Crippen LogP contribution in [0.2, 0.25) is 0 Å². The summed E-state index contributed by atoms with van der Waals surface area (Å²) >= 11 is 0. The van der Waals surface area contributed by atoms with Gasteiger partial charge in [0.2, 0.25) is 5.95 Å². The molecule has 1 aliphatic rings. The van der Waals surface area contributed by atoms with Crippen LogP contribution in [0.3, 0.4) is 0 Å². The Morgan fingerprint density at radius 3 is 2.31 bits per heavy atom. The Morgan fingerprint density at radius 2 is 1.75 bits per heavy atom. The zero-order valence-corrected chi connectivity index (χ0v) is 9.83. The number of anilines is 1. The molecule has 0 saturated carbocycles. The third-order valence-electron chi connectivity index (χ3n) is 2.43. The summed E-state index contributed by atoms with van der Waals surface area (Å²) in [5, 5.41) is 2.02. The fourth-order valence-corrected chi connectivity index (χ4v) is 1.75. The van der Waals surface area contributed by atoms with Crippen molar-refractivity contribution in [3.63, 3.8) is 0 Å². The minimum atomic E-state index is 0.250. The number of piperazine rings is 1. The number of aromatic nitrogens is 2. The van der Waals surface area contributed by atoms with Crippen LogP contribution in [0.1, 0.15) is 13.8 Å². The fourth-order valence-electron chi connectivity index (χ4n) is 1.75. The maximum Gasteiger partial charge on any atom is 0.225 e. The second kappa shape index (κ2) is 5.23. The third kappa shape index (κ3) is 2.90. The van der Waals surface area contributed by atoms with Crippen molar-refractivity contribution in [1.29, 1.82) is 0 Å². The lowest BCUT2D eigenvalue weighted by molar-refractivity contribution is -0.189. The predicted molar refractivity (Wildman–Crippen MR) is 62.0 cm³/mol. The molecule has 0 bridgehead atoms. The molecular weight excluding hydrogens is 204 g/mol. The van der Waals surface area contributed by atoms with Crippen molar-refractivity contribution in [2.24, 2.45) is 0 Å². The normalized spacial score (nSPS) is 18.1. The highest BCUT2D eigenvalue weighted by Crippen LogP contribution is 2.10. The Morgan fingerprint density at radius 1 is 1.12 bits per heavy atom. The molecule has 1 saturated heterocycles. The van der Waals surface area contributed by atoms with Crippen LogP contribution in [0.25, 0.3) is 0 Å². The molecule has 16 heavy (non-hydrogen) atoms. The second-order valence-corrected chi connectivity index (χ2v) is 4.12. The van der Waals surface area contributed by atoms with Crippen LogP contribution in [-0.2, 0) is 4.84 Å². The quantitative estimate of drug-likeness (QED) is 0.761. The van der Waals surface area contributed by atoms with E-state index in [0.717, 1.165) is 32.1 Å². The van der Waals surface area contributed by atoms with Crippen molar-refractivity contribution in [2.45, 2.75) is 20.0 Å². The summed E-state index contributed by atoms with van der Waals surface area (Å²) < 4.78 is 0. The zero-order chi connectivity index (χ0) is 11.4. The maximum absolute atomic E-state index is 5.64. The number of hydrogen-bond acceptors (Lipinski definition) is 5. The summed E-state index contributed by atoms with van der Waals surface area (Å²) in [4.78, 5) is 16.3. The summed E-state index contributed by atoms with van der Waals surface area (Å²) in [6, 6.07) is 1.83. The van der Waals surface area contributed by atoms with Gasteiger partial charge in [0.25, 0.3) is 0 Å². The van der Waals surface area contributed by atoms with E-state index >= 15 is 0 Å². The average molecular weight is 222 g/mol. The monoisotopic (exact) mass is 222 g/mol. The molecule has 0 unspecified atom stereocenters. The van der Waals surface area contributed by atoms with Crippen LogP contribution < -0.4 is 4.90 Å². The Bertz CT molecular complexity index is 309. The topological polar surface area (TPSA) is 41.5 Å². The van der Waals surface area contributed by atoms with Crippen molar-refractivity contribution in [3.05, 3.63) is 18.5 Å². The van der Waals surface area contributed by atoms with Crippen LogP contribution in [-0.4, -0.2) is 47.3 Å². The smallest absolute Gasteiger partial charge is 0.225 e. The molecule has 0 spiro atoms. The first-order chi connectivity index (χ1) is 7.75. The molecular formula is C11H18N4O. The van der Waals surface area contributed by atoms with Gasteiger partial charge in [0.05, 0.1) is 6.10 Å². The van der Waals surface area contributed by atoms with Gasteiger partial charge in [-0.1, -0.05) is 0 Å². The Balaban J connectivity index is 1.86. The lowest BCUT2D eigenvalue weighted by Crippen LogP contribution is -2.47. The van der Waals surface area contributed by atoms with E-state index < -0.39 is 0 Å². The van der Waals surface area contributed by atoms with E-state index in [0.29, 0.717) is 0 Å². The van der Waals surface area contributed by atoms with Crippen molar-refractivity contribution >= 4 is 5.95 Å². The first-order valence-corrected chi connectivity index (χ1v) is 5.69. The van der Waals surface area contributed by atoms with E-state index in [1.807, 2.05) is 25.0 Å². The summed E-state index contributed by atoms with van der Waals surface area (Å²) in [7, 11) is 0. The van der Waals surface area contributed by atoms with Crippen LogP contribution in [0.4, 0.5) is 5.95 Å². The van der Waals surface area contributed by atoms with Crippen molar-refractivity contribution in [2.75, 3.05) is 31.1 Å². The van der Waals surface area contributed by atoms with Gasteiger partial charge in [0.15, 0.2) is 0 Å². The van der Waals surface area contributed by atoms with Crippen LogP contribution in [0.15, 0.2) is 18.5 Å². The molecule has 0 atom stereocenters. The van der Waals surface area contributed by atoms with E-state index in [-0.39, 0.29) is 6.10 Å².